The first-order valence-corrected chi connectivity index (χ1v) is 9.56. The van der Waals surface area contributed by atoms with Crippen LogP contribution in [0.1, 0.15) is 53.1 Å². The maximum absolute atomic E-state index is 11.5. The molecular weight excluding hydrogens is 448 g/mol. The lowest BCUT2D eigenvalue weighted by atomic mass is 10.3. The number of methoxy groups -OCH3 is 2. The van der Waals surface area contributed by atoms with Gasteiger partial charge in [0.05, 0.1) is 26.6 Å². The Balaban J connectivity index is 0.000000191. The standard InChI is InChI=1S/2C10H10N4O3/c1-5-3-7(10(16)17-2)13-9-6(8(11)15)4-12-14(5)9;1-5-3-7(10(16)17-2)14-9(13-5)6(4-12-14)8(11)15/h2*3-4H,1-2H3,(H2,11,15). The summed E-state index contributed by atoms with van der Waals surface area (Å²) in [4.78, 5) is 53.4. The zero-order valence-corrected chi connectivity index (χ0v) is 18.6. The number of esters is 2. The van der Waals surface area contributed by atoms with E-state index in [0.717, 1.165) is 0 Å². The Hall–Kier alpha value is -4.88. The molecule has 0 unspecified atom stereocenters. The summed E-state index contributed by atoms with van der Waals surface area (Å²) >= 11 is 0. The Morgan fingerprint density at radius 1 is 0.794 bits per heavy atom. The zero-order chi connectivity index (χ0) is 25.2. The van der Waals surface area contributed by atoms with Gasteiger partial charge < -0.3 is 20.9 Å². The Kier molecular flexibility index (Phi) is 6.51. The summed E-state index contributed by atoms with van der Waals surface area (Å²) in [6, 6.07) is 3.05. The van der Waals surface area contributed by atoms with Gasteiger partial charge in [0.1, 0.15) is 11.1 Å². The molecule has 0 bridgehead atoms. The molecule has 2 amide bonds. The number of fused-ring (bicyclic) bond motifs is 2. The monoisotopic (exact) mass is 468 g/mol. The number of nitrogens with two attached hydrogens (primary N) is 2. The van der Waals surface area contributed by atoms with Crippen LogP contribution in [0.3, 0.4) is 0 Å². The van der Waals surface area contributed by atoms with E-state index in [0.29, 0.717) is 11.4 Å². The average molecular weight is 468 g/mol. The van der Waals surface area contributed by atoms with E-state index < -0.39 is 23.8 Å². The molecule has 14 nitrogen and oxygen atoms in total. The number of aryl methyl sites for hydroxylation is 2. The van der Waals surface area contributed by atoms with Crippen molar-refractivity contribution >= 4 is 35.0 Å². The molecule has 0 radical (unpaired) electrons. The molecule has 4 N–H and O–H groups in total. The number of carbonyl (C=O) groups is 4. The van der Waals surface area contributed by atoms with Crippen molar-refractivity contribution in [1.82, 2.24) is 29.2 Å². The van der Waals surface area contributed by atoms with E-state index in [9.17, 15) is 19.2 Å². The van der Waals surface area contributed by atoms with Gasteiger partial charge in [-0.15, -0.1) is 0 Å². The van der Waals surface area contributed by atoms with E-state index in [4.69, 9.17) is 11.5 Å². The maximum atomic E-state index is 11.5. The SMILES string of the molecule is COC(=O)c1cc(C)n2ncc(C(N)=O)c2n1.COC(=O)c1cc(C)nc2c(C(N)=O)cnn12. The van der Waals surface area contributed by atoms with Crippen LogP contribution in [0.5, 0.6) is 0 Å². The quantitative estimate of drug-likeness (QED) is 0.379. The minimum atomic E-state index is -0.645. The zero-order valence-electron chi connectivity index (χ0n) is 18.6. The smallest absolute Gasteiger partial charge is 0.356 e. The van der Waals surface area contributed by atoms with Gasteiger partial charge in [-0.3, -0.25) is 9.59 Å². The van der Waals surface area contributed by atoms with Crippen molar-refractivity contribution in [2.45, 2.75) is 13.8 Å². The minimum Gasteiger partial charge on any atom is -0.464 e. The summed E-state index contributed by atoms with van der Waals surface area (Å²) in [7, 11) is 2.53. The van der Waals surface area contributed by atoms with Gasteiger partial charge in [0.25, 0.3) is 11.8 Å². The highest BCUT2D eigenvalue weighted by molar-refractivity contribution is 6.00. The molecule has 4 heterocycles. The van der Waals surface area contributed by atoms with Gasteiger partial charge >= 0.3 is 11.9 Å². The van der Waals surface area contributed by atoms with Crippen LogP contribution in [0.4, 0.5) is 0 Å². The number of amides is 2. The predicted octanol–water partition coefficient (Wildman–Crippen LogP) is -0.154. The molecule has 14 heteroatoms. The number of ether oxygens (including phenoxy) is 2. The second-order valence-electron chi connectivity index (χ2n) is 6.86. The second kappa shape index (κ2) is 9.32. The molecule has 0 aliphatic carbocycles. The lowest BCUT2D eigenvalue weighted by Crippen LogP contribution is -2.13. The number of aromatic nitrogens is 6. The molecule has 4 rings (SSSR count). The molecule has 0 aromatic carbocycles. The van der Waals surface area contributed by atoms with Crippen LogP contribution in [-0.2, 0) is 9.47 Å². The van der Waals surface area contributed by atoms with Crippen molar-refractivity contribution < 1.29 is 28.7 Å². The van der Waals surface area contributed by atoms with E-state index >= 15 is 0 Å². The van der Waals surface area contributed by atoms with Crippen molar-refractivity contribution in [1.29, 1.82) is 0 Å². The molecule has 0 saturated carbocycles. The number of carbonyl (C=O) groups excluding carboxylic acids is 4. The van der Waals surface area contributed by atoms with Crippen molar-refractivity contribution in [2.24, 2.45) is 11.5 Å². The Morgan fingerprint density at radius 2 is 1.32 bits per heavy atom. The third kappa shape index (κ3) is 4.36. The summed E-state index contributed by atoms with van der Waals surface area (Å²) in [6.07, 6.45) is 2.59. The normalized spacial score (nSPS) is 10.5. The van der Waals surface area contributed by atoms with Gasteiger partial charge in [0.2, 0.25) is 0 Å². The van der Waals surface area contributed by atoms with Crippen molar-refractivity contribution in [3.8, 4) is 0 Å². The topological polar surface area (TPSA) is 199 Å². The number of hydrogen-bond acceptors (Lipinski definition) is 10. The van der Waals surface area contributed by atoms with Crippen LogP contribution in [0.2, 0.25) is 0 Å². The molecular formula is C20H20N8O6. The summed E-state index contributed by atoms with van der Waals surface area (Å²) in [6.45, 7) is 3.43. The first-order valence-electron chi connectivity index (χ1n) is 9.56. The summed E-state index contributed by atoms with van der Waals surface area (Å²) in [5.41, 5.74) is 12.7. The van der Waals surface area contributed by atoms with Gasteiger partial charge in [0.15, 0.2) is 22.7 Å². The molecule has 176 valence electrons. The average Bonchev–Trinajstić information content (AvgIpc) is 3.42. The van der Waals surface area contributed by atoms with E-state index in [2.05, 4.69) is 29.6 Å². The Morgan fingerprint density at radius 3 is 1.85 bits per heavy atom. The van der Waals surface area contributed by atoms with Crippen LogP contribution in [0.25, 0.3) is 11.3 Å². The van der Waals surface area contributed by atoms with Crippen molar-refractivity contribution in [3.05, 3.63) is 58.4 Å². The highest BCUT2D eigenvalue weighted by atomic mass is 16.5. The summed E-state index contributed by atoms with van der Waals surface area (Å²) in [5, 5.41) is 7.87. The summed E-state index contributed by atoms with van der Waals surface area (Å²) in [5.74, 6) is -2.42. The largest absolute Gasteiger partial charge is 0.464 e. The van der Waals surface area contributed by atoms with Gasteiger partial charge in [-0.1, -0.05) is 0 Å². The van der Waals surface area contributed by atoms with E-state index in [1.54, 1.807) is 13.8 Å². The van der Waals surface area contributed by atoms with Crippen LogP contribution in [0.15, 0.2) is 24.5 Å². The van der Waals surface area contributed by atoms with E-state index in [1.165, 1.54) is 47.8 Å². The first-order chi connectivity index (χ1) is 16.1. The van der Waals surface area contributed by atoms with E-state index in [1.807, 2.05) is 0 Å². The maximum Gasteiger partial charge on any atom is 0.356 e. The minimum absolute atomic E-state index is 0.112. The first kappa shape index (κ1) is 23.8. The fourth-order valence-electron chi connectivity index (χ4n) is 3.00. The van der Waals surface area contributed by atoms with Crippen molar-refractivity contribution in [2.75, 3.05) is 14.2 Å². The third-order valence-electron chi connectivity index (χ3n) is 4.57. The third-order valence-corrected chi connectivity index (χ3v) is 4.57. The molecule has 0 spiro atoms. The highest BCUT2D eigenvalue weighted by Crippen LogP contribution is 2.13. The molecule has 0 saturated heterocycles. The molecule has 4 aromatic heterocycles. The second-order valence-corrected chi connectivity index (χ2v) is 6.86. The molecule has 0 aliphatic rings. The number of hydrogen-bond donors (Lipinski definition) is 2. The van der Waals surface area contributed by atoms with E-state index in [-0.39, 0.29) is 33.8 Å². The fraction of sp³-hybridized carbons (Fsp3) is 0.200. The van der Waals surface area contributed by atoms with Crippen molar-refractivity contribution in [3.63, 3.8) is 0 Å². The summed E-state index contributed by atoms with van der Waals surface area (Å²) < 4.78 is 11.9. The lowest BCUT2D eigenvalue weighted by molar-refractivity contribution is 0.0583. The number of primary amides is 2. The lowest BCUT2D eigenvalue weighted by Gasteiger charge is -2.04. The molecule has 34 heavy (non-hydrogen) atoms. The predicted molar refractivity (Wildman–Crippen MR) is 115 cm³/mol. The Labute approximate surface area is 191 Å². The number of rotatable bonds is 4. The van der Waals surface area contributed by atoms with Crippen LogP contribution in [-0.4, -0.2) is 67.2 Å². The molecule has 4 aromatic rings. The van der Waals surface area contributed by atoms with Gasteiger partial charge in [-0.2, -0.15) is 10.2 Å². The molecule has 0 aliphatic heterocycles. The van der Waals surface area contributed by atoms with Gasteiger partial charge in [-0.05, 0) is 26.0 Å². The van der Waals surface area contributed by atoms with Crippen LogP contribution < -0.4 is 11.5 Å². The highest BCUT2D eigenvalue weighted by Gasteiger charge is 2.18. The van der Waals surface area contributed by atoms with Crippen LogP contribution in [0, 0.1) is 13.8 Å². The molecule has 0 atom stereocenters. The number of nitrogens with zero attached hydrogens (tertiary/aromatic N) is 6. The van der Waals surface area contributed by atoms with Gasteiger partial charge in [0, 0.05) is 11.4 Å². The van der Waals surface area contributed by atoms with Gasteiger partial charge in [-0.25, -0.2) is 28.6 Å². The van der Waals surface area contributed by atoms with Crippen LogP contribution >= 0.6 is 0 Å². The Bertz CT molecular complexity index is 1440. The molecule has 0 fully saturated rings. The fourth-order valence-corrected chi connectivity index (χ4v) is 3.00.